The standard InChI is InChI=1S/C12H15NO3/c1-3-16-12(15)13(2)9-11(14)10-7-5-4-6-8-10/h4-8H,3,9H2,1-2H3. The van der Waals surface area contributed by atoms with Gasteiger partial charge in [0.25, 0.3) is 0 Å². The van der Waals surface area contributed by atoms with Gasteiger partial charge in [-0.25, -0.2) is 4.79 Å². The lowest BCUT2D eigenvalue weighted by Crippen LogP contribution is -2.32. The van der Waals surface area contributed by atoms with Crippen LogP contribution in [0.25, 0.3) is 0 Å². The van der Waals surface area contributed by atoms with Crippen molar-refractivity contribution in [2.24, 2.45) is 0 Å². The Labute approximate surface area is 94.8 Å². The summed E-state index contributed by atoms with van der Waals surface area (Å²) >= 11 is 0. The minimum Gasteiger partial charge on any atom is -0.450 e. The molecule has 1 aromatic rings. The van der Waals surface area contributed by atoms with Crippen LogP contribution in [0.15, 0.2) is 30.3 Å². The van der Waals surface area contributed by atoms with Gasteiger partial charge in [0.1, 0.15) is 0 Å². The molecule has 0 radical (unpaired) electrons. The van der Waals surface area contributed by atoms with Crippen LogP contribution < -0.4 is 0 Å². The van der Waals surface area contributed by atoms with Gasteiger partial charge >= 0.3 is 6.09 Å². The van der Waals surface area contributed by atoms with E-state index in [1.807, 2.05) is 6.07 Å². The van der Waals surface area contributed by atoms with Gasteiger partial charge in [0.15, 0.2) is 5.78 Å². The van der Waals surface area contributed by atoms with Gasteiger partial charge in [-0.1, -0.05) is 30.3 Å². The molecule has 0 aromatic heterocycles. The first kappa shape index (κ1) is 12.2. The average Bonchev–Trinajstić information content (AvgIpc) is 2.30. The molecule has 0 fully saturated rings. The quantitative estimate of drug-likeness (QED) is 0.730. The van der Waals surface area contributed by atoms with Crippen LogP contribution in [0.4, 0.5) is 4.79 Å². The van der Waals surface area contributed by atoms with Crippen LogP contribution in [-0.2, 0) is 4.74 Å². The summed E-state index contributed by atoms with van der Waals surface area (Å²) in [4.78, 5) is 24.2. The van der Waals surface area contributed by atoms with E-state index in [1.165, 1.54) is 4.90 Å². The van der Waals surface area contributed by atoms with E-state index >= 15 is 0 Å². The van der Waals surface area contributed by atoms with E-state index in [1.54, 1.807) is 38.2 Å². The molecule has 4 heteroatoms. The van der Waals surface area contributed by atoms with Crippen molar-refractivity contribution in [1.29, 1.82) is 0 Å². The number of hydrogen-bond acceptors (Lipinski definition) is 3. The van der Waals surface area contributed by atoms with Crippen molar-refractivity contribution in [2.75, 3.05) is 20.2 Å². The van der Waals surface area contributed by atoms with Crippen molar-refractivity contribution in [3.05, 3.63) is 35.9 Å². The van der Waals surface area contributed by atoms with Crippen molar-refractivity contribution >= 4 is 11.9 Å². The minimum atomic E-state index is -0.480. The molecule has 1 rings (SSSR count). The van der Waals surface area contributed by atoms with Crippen LogP contribution in [0, 0.1) is 0 Å². The van der Waals surface area contributed by atoms with E-state index in [9.17, 15) is 9.59 Å². The summed E-state index contributed by atoms with van der Waals surface area (Å²) in [5.41, 5.74) is 0.596. The Bertz CT molecular complexity index is 362. The zero-order chi connectivity index (χ0) is 12.0. The zero-order valence-electron chi connectivity index (χ0n) is 9.47. The van der Waals surface area contributed by atoms with Gasteiger partial charge < -0.3 is 9.64 Å². The summed E-state index contributed by atoms with van der Waals surface area (Å²) in [5, 5.41) is 0. The number of ketones is 1. The van der Waals surface area contributed by atoms with E-state index in [0.717, 1.165) is 0 Å². The molecule has 0 N–H and O–H groups in total. The second-order valence-electron chi connectivity index (χ2n) is 3.34. The van der Waals surface area contributed by atoms with Crippen LogP contribution in [0.5, 0.6) is 0 Å². The second-order valence-corrected chi connectivity index (χ2v) is 3.34. The van der Waals surface area contributed by atoms with Crippen molar-refractivity contribution in [3.63, 3.8) is 0 Å². The van der Waals surface area contributed by atoms with Gasteiger partial charge in [-0.15, -0.1) is 0 Å². The van der Waals surface area contributed by atoms with Crippen LogP contribution in [0.2, 0.25) is 0 Å². The molecule has 86 valence electrons. The van der Waals surface area contributed by atoms with Crippen molar-refractivity contribution in [2.45, 2.75) is 6.92 Å². The fraction of sp³-hybridized carbons (Fsp3) is 0.333. The van der Waals surface area contributed by atoms with Crippen molar-refractivity contribution < 1.29 is 14.3 Å². The molecule has 1 amide bonds. The molecule has 4 nitrogen and oxygen atoms in total. The molecule has 0 saturated heterocycles. The number of benzene rings is 1. The third-order valence-electron chi connectivity index (χ3n) is 2.06. The van der Waals surface area contributed by atoms with Gasteiger partial charge in [-0.3, -0.25) is 4.79 Å². The fourth-order valence-corrected chi connectivity index (χ4v) is 1.23. The van der Waals surface area contributed by atoms with E-state index in [4.69, 9.17) is 4.74 Å². The van der Waals surface area contributed by atoms with Crippen LogP contribution in [0.3, 0.4) is 0 Å². The average molecular weight is 221 g/mol. The smallest absolute Gasteiger partial charge is 0.409 e. The Hall–Kier alpha value is -1.84. The number of hydrogen-bond donors (Lipinski definition) is 0. The third-order valence-corrected chi connectivity index (χ3v) is 2.06. The van der Waals surface area contributed by atoms with E-state index < -0.39 is 6.09 Å². The number of amides is 1. The topological polar surface area (TPSA) is 46.6 Å². The van der Waals surface area contributed by atoms with Crippen LogP contribution in [-0.4, -0.2) is 37.0 Å². The maximum Gasteiger partial charge on any atom is 0.409 e. The SMILES string of the molecule is CCOC(=O)N(C)CC(=O)c1ccccc1. The number of carbonyl (C=O) groups excluding carboxylic acids is 2. The maximum absolute atomic E-state index is 11.7. The summed E-state index contributed by atoms with van der Waals surface area (Å²) < 4.78 is 4.78. The number of carbonyl (C=O) groups is 2. The molecule has 0 bridgehead atoms. The van der Waals surface area contributed by atoms with E-state index in [-0.39, 0.29) is 12.3 Å². The van der Waals surface area contributed by atoms with Gasteiger partial charge in [0.2, 0.25) is 0 Å². The van der Waals surface area contributed by atoms with Gasteiger partial charge in [0, 0.05) is 12.6 Å². The van der Waals surface area contributed by atoms with Gasteiger partial charge in [0.05, 0.1) is 13.2 Å². The molecular weight excluding hydrogens is 206 g/mol. The fourth-order valence-electron chi connectivity index (χ4n) is 1.23. The molecule has 0 aliphatic carbocycles. The molecule has 16 heavy (non-hydrogen) atoms. The Morgan fingerprint density at radius 3 is 2.44 bits per heavy atom. The molecule has 0 aliphatic heterocycles. The number of nitrogens with zero attached hydrogens (tertiary/aromatic N) is 1. The highest BCUT2D eigenvalue weighted by atomic mass is 16.6. The first-order chi connectivity index (χ1) is 7.65. The first-order valence-corrected chi connectivity index (χ1v) is 5.11. The van der Waals surface area contributed by atoms with Gasteiger partial charge in [-0.2, -0.15) is 0 Å². The normalized spacial score (nSPS) is 9.62. The lowest BCUT2D eigenvalue weighted by molar-refractivity contribution is 0.0880. The monoisotopic (exact) mass is 221 g/mol. The second kappa shape index (κ2) is 5.90. The highest BCUT2D eigenvalue weighted by molar-refractivity contribution is 5.98. The molecule has 0 atom stereocenters. The molecule has 0 saturated carbocycles. The summed E-state index contributed by atoms with van der Waals surface area (Å²) in [6.07, 6.45) is -0.480. The summed E-state index contributed by atoms with van der Waals surface area (Å²) in [6, 6.07) is 8.86. The van der Waals surface area contributed by atoms with E-state index in [2.05, 4.69) is 0 Å². The van der Waals surface area contributed by atoms with Gasteiger partial charge in [-0.05, 0) is 6.92 Å². The lowest BCUT2D eigenvalue weighted by atomic mass is 10.1. The predicted molar refractivity (Wildman–Crippen MR) is 60.4 cm³/mol. The number of likely N-dealkylation sites (N-methyl/N-ethyl adjacent to an activating group) is 1. The van der Waals surface area contributed by atoms with Crippen LogP contribution >= 0.6 is 0 Å². The molecule has 0 spiro atoms. The molecule has 1 aromatic carbocycles. The molecule has 0 aliphatic rings. The molecular formula is C12H15NO3. The zero-order valence-corrected chi connectivity index (χ0v) is 9.47. The Balaban J connectivity index is 2.55. The van der Waals surface area contributed by atoms with E-state index in [0.29, 0.717) is 12.2 Å². The third kappa shape index (κ3) is 3.38. The minimum absolute atomic E-state index is 0.0306. The van der Waals surface area contributed by atoms with Crippen molar-refractivity contribution in [1.82, 2.24) is 4.90 Å². The highest BCUT2D eigenvalue weighted by Crippen LogP contribution is 2.01. The maximum atomic E-state index is 11.7. The van der Waals surface area contributed by atoms with Crippen LogP contribution in [0.1, 0.15) is 17.3 Å². The predicted octanol–water partition coefficient (Wildman–Crippen LogP) is 1.96. The largest absolute Gasteiger partial charge is 0.450 e. The Kier molecular flexibility index (Phi) is 4.51. The number of Topliss-reactive ketones (excluding diaryl/α,β-unsaturated/α-hetero) is 1. The first-order valence-electron chi connectivity index (χ1n) is 5.11. The van der Waals surface area contributed by atoms with Crippen molar-refractivity contribution in [3.8, 4) is 0 Å². The Morgan fingerprint density at radius 2 is 1.88 bits per heavy atom. The summed E-state index contributed by atoms with van der Waals surface area (Å²) in [7, 11) is 1.54. The molecule has 0 heterocycles. The highest BCUT2D eigenvalue weighted by Gasteiger charge is 2.14. The summed E-state index contributed by atoms with van der Waals surface area (Å²) in [5.74, 6) is -0.101. The lowest BCUT2D eigenvalue weighted by Gasteiger charge is -2.15. The summed E-state index contributed by atoms with van der Waals surface area (Å²) in [6.45, 7) is 2.07. The number of ether oxygens (including phenoxy) is 1. The number of rotatable bonds is 4. The molecule has 0 unspecified atom stereocenters. The Morgan fingerprint density at radius 1 is 1.25 bits per heavy atom.